The number of aromatic nitrogens is 1. The number of hydrogen-bond donors (Lipinski definition) is 3. The van der Waals surface area contributed by atoms with Crippen molar-refractivity contribution in [2.75, 3.05) is 6.54 Å². The van der Waals surface area contributed by atoms with Gasteiger partial charge in [0.25, 0.3) is 0 Å². The molecular formula is C17H20N2O3. The van der Waals surface area contributed by atoms with E-state index in [0.29, 0.717) is 13.1 Å². The molecule has 22 heavy (non-hydrogen) atoms. The first-order valence-electron chi connectivity index (χ1n) is 7.92. The highest BCUT2D eigenvalue weighted by Gasteiger charge is 2.40. The van der Waals surface area contributed by atoms with Gasteiger partial charge in [0.05, 0.1) is 0 Å². The lowest BCUT2D eigenvalue weighted by atomic mass is 10.0. The monoisotopic (exact) mass is 300 g/mol. The van der Waals surface area contributed by atoms with E-state index in [0.717, 1.165) is 30.4 Å². The Morgan fingerprint density at radius 2 is 1.73 bits per heavy atom. The van der Waals surface area contributed by atoms with Crippen molar-refractivity contribution < 1.29 is 15.0 Å². The molecule has 116 valence electrons. The summed E-state index contributed by atoms with van der Waals surface area (Å²) < 4.78 is 1.52. The van der Waals surface area contributed by atoms with Gasteiger partial charge < -0.3 is 15.5 Å². The van der Waals surface area contributed by atoms with Gasteiger partial charge in [-0.15, -0.1) is 0 Å². The average molecular weight is 300 g/mol. The summed E-state index contributed by atoms with van der Waals surface area (Å²) in [6.07, 6.45) is 10.8. The lowest BCUT2D eigenvalue weighted by Gasteiger charge is -2.13. The lowest BCUT2D eigenvalue weighted by Crippen LogP contribution is -2.32. The van der Waals surface area contributed by atoms with E-state index in [2.05, 4.69) is 17.5 Å². The first kappa shape index (κ1) is 13.5. The van der Waals surface area contributed by atoms with Crippen molar-refractivity contribution >= 4 is 5.91 Å². The Bertz CT molecular complexity index is 643. The van der Waals surface area contributed by atoms with Crippen molar-refractivity contribution in [2.24, 2.45) is 5.92 Å². The van der Waals surface area contributed by atoms with Gasteiger partial charge in [0, 0.05) is 42.0 Å². The van der Waals surface area contributed by atoms with Gasteiger partial charge in [0.15, 0.2) is 11.8 Å². The third-order valence-electron chi connectivity index (χ3n) is 5.12. The Morgan fingerprint density at radius 1 is 1.14 bits per heavy atom. The molecule has 1 amide bonds. The highest BCUT2D eigenvalue weighted by molar-refractivity contribution is 5.79. The Hall–Kier alpha value is -2.17. The van der Waals surface area contributed by atoms with Crippen molar-refractivity contribution in [1.29, 1.82) is 0 Å². The van der Waals surface area contributed by atoms with E-state index in [1.807, 2.05) is 12.2 Å². The predicted molar refractivity (Wildman–Crippen MR) is 81.9 cm³/mol. The Morgan fingerprint density at radius 3 is 2.32 bits per heavy atom. The fourth-order valence-corrected chi connectivity index (χ4v) is 3.97. The molecule has 3 aliphatic carbocycles. The first-order valence-corrected chi connectivity index (χ1v) is 7.92. The molecule has 0 fully saturated rings. The molecule has 0 spiro atoms. The van der Waals surface area contributed by atoms with Gasteiger partial charge >= 0.3 is 0 Å². The maximum absolute atomic E-state index is 12.0. The summed E-state index contributed by atoms with van der Waals surface area (Å²) >= 11 is 0. The molecule has 3 N–H and O–H groups in total. The summed E-state index contributed by atoms with van der Waals surface area (Å²) in [7, 11) is 0. The van der Waals surface area contributed by atoms with Gasteiger partial charge in [-0.3, -0.25) is 9.36 Å². The first-order chi connectivity index (χ1) is 10.7. The third kappa shape index (κ3) is 1.88. The number of carbonyl (C=O) groups excluding carboxylic acids is 1. The molecule has 1 aromatic rings. The highest BCUT2D eigenvalue weighted by atomic mass is 16.3. The molecule has 0 aromatic carbocycles. The normalized spacial score (nSPS) is 25.1. The number of rotatable bonds is 4. The van der Waals surface area contributed by atoms with Gasteiger partial charge in [-0.25, -0.2) is 0 Å². The molecule has 2 unspecified atom stereocenters. The molecular weight excluding hydrogens is 280 g/mol. The van der Waals surface area contributed by atoms with Crippen LogP contribution >= 0.6 is 0 Å². The average Bonchev–Trinajstić information content (AvgIpc) is 3.27. The van der Waals surface area contributed by atoms with Gasteiger partial charge in [0.1, 0.15) is 0 Å². The van der Waals surface area contributed by atoms with Crippen LogP contribution in [-0.4, -0.2) is 27.2 Å². The smallest absolute Gasteiger partial charge is 0.223 e. The second-order valence-corrected chi connectivity index (χ2v) is 6.39. The maximum atomic E-state index is 12.0. The molecule has 4 rings (SSSR count). The summed E-state index contributed by atoms with van der Waals surface area (Å²) in [6.45, 7) is 0.794. The second kappa shape index (κ2) is 4.93. The summed E-state index contributed by atoms with van der Waals surface area (Å²) in [4.78, 5) is 12.0. The van der Waals surface area contributed by atoms with Gasteiger partial charge in [-0.1, -0.05) is 24.3 Å². The summed E-state index contributed by atoms with van der Waals surface area (Å²) in [5, 5.41) is 23.6. The molecule has 0 aliphatic heterocycles. The Labute approximate surface area is 128 Å². The molecule has 0 saturated heterocycles. The quantitative estimate of drug-likeness (QED) is 0.746. The fraction of sp³-hybridized carbons (Fsp3) is 0.471. The molecule has 2 bridgehead atoms. The molecule has 0 saturated carbocycles. The Balaban J connectivity index is 1.43. The van der Waals surface area contributed by atoms with Crippen LogP contribution in [0.15, 0.2) is 24.3 Å². The van der Waals surface area contributed by atoms with Crippen LogP contribution in [0.1, 0.15) is 42.2 Å². The maximum Gasteiger partial charge on any atom is 0.223 e. The number of amides is 1. The molecule has 2 atom stereocenters. The minimum atomic E-state index is 0.0388. The van der Waals surface area contributed by atoms with Crippen LogP contribution in [0.3, 0.4) is 0 Å². The predicted octanol–water partition coefficient (Wildman–Crippen LogP) is 2.12. The number of aromatic hydroxyl groups is 2. The number of carbonyl (C=O) groups is 1. The summed E-state index contributed by atoms with van der Waals surface area (Å²) in [5.41, 5.74) is 1.74. The summed E-state index contributed by atoms with van der Waals surface area (Å²) in [6, 6.07) is 0. The SMILES string of the molecule is O=C(NCCn1c(O)c2c(c1O)C1C=CC2C1)C1CC=CC1. The van der Waals surface area contributed by atoms with Gasteiger partial charge in [-0.05, 0) is 19.3 Å². The minimum Gasteiger partial charge on any atom is -0.494 e. The summed E-state index contributed by atoms with van der Waals surface area (Å²) in [5.74, 6) is 0.849. The van der Waals surface area contributed by atoms with Crippen molar-refractivity contribution in [3.05, 3.63) is 35.4 Å². The van der Waals surface area contributed by atoms with Crippen molar-refractivity contribution in [3.63, 3.8) is 0 Å². The van der Waals surface area contributed by atoms with E-state index in [9.17, 15) is 15.0 Å². The van der Waals surface area contributed by atoms with E-state index in [4.69, 9.17) is 0 Å². The van der Waals surface area contributed by atoms with Gasteiger partial charge in [0.2, 0.25) is 5.91 Å². The van der Waals surface area contributed by atoms with Crippen LogP contribution in [0.5, 0.6) is 11.8 Å². The van der Waals surface area contributed by atoms with Crippen LogP contribution < -0.4 is 5.32 Å². The highest BCUT2D eigenvalue weighted by Crippen LogP contribution is 2.56. The van der Waals surface area contributed by atoms with Crippen LogP contribution in [0, 0.1) is 5.92 Å². The number of nitrogens with one attached hydrogen (secondary N) is 1. The van der Waals surface area contributed by atoms with E-state index in [1.165, 1.54) is 4.57 Å². The van der Waals surface area contributed by atoms with Crippen molar-refractivity contribution in [1.82, 2.24) is 9.88 Å². The number of nitrogens with zero attached hydrogens (tertiary/aromatic N) is 1. The molecule has 1 heterocycles. The molecule has 1 aromatic heterocycles. The molecule has 5 heteroatoms. The van der Waals surface area contributed by atoms with E-state index in [-0.39, 0.29) is 35.4 Å². The second-order valence-electron chi connectivity index (χ2n) is 6.39. The largest absolute Gasteiger partial charge is 0.494 e. The third-order valence-corrected chi connectivity index (χ3v) is 5.12. The topological polar surface area (TPSA) is 74.5 Å². The zero-order valence-corrected chi connectivity index (χ0v) is 12.3. The lowest BCUT2D eigenvalue weighted by molar-refractivity contribution is -0.124. The van der Waals surface area contributed by atoms with Crippen molar-refractivity contribution in [2.45, 2.75) is 37.6 Å². The van der Waals surface area contributed by atoms with E-state index >= 15 is 0 Å². The zero-order valence-electron chi connectivity index (χ0n) is 12.3. The molecule has 3 aliphatic rings. The van der Waals surface area contributed by atoms with Crippen LogP contribution in [-0.2, 0) is 11.3 Å². The van der Waals surface area contributed by atoms with Crippen LogP contribution in [0.4, 0.5) is 0 Å². The van der Waals surface area contributed by atoms with Crippen LogP contribution in [0.2, 0.25) is 0 Å². The zero-order chi connectivity index (χ0) is 15.3. The Kier molecular flexibility index (Phi) is 3.03. The number of hydrogen-bond acceptors (Lipinski definition) is 3. The van der Waals surface area contributed by atoms with E-state index < -0.39 is 0 Å². The van der Waals surface area contributed by atoms with Crippen LogP contribution in [0.25, 0.3) is 0 Å². The standard InChI is InChI=1S/C17H20N2O3/c20-15(10-3-1-2-4-10)18-7-8-19-16(21)13-11-5-6-12(9-11)14(13)17(19)22/h1-2,5-6,10-12,21-22H,3-4,7-9H2,(H,18,20). The molecule has 5 nitrogen and oxygen atoms in total. The van der Waals surface area contributed by atoms with Gasteiger partial charge in [-0.2, -0.15) is 0 Å². The fourth-order valence-electron chi connectivity index (χ4n) is 3.97. The number of allylic oxidation sites excluding steroid dienone is 4. The number of fused-ring (bicyclic) bond motifs is 5. The van der Waals surface area contributed by atoms with Crippen molar-refractivity contribution in [3.8, 4) is 11.8 Å². The van der Waals surface area contributed by atoms with E-state index in [1.54, 1.807) is 0 Å². The minimum absolute atomic E-state index is 0.0388. The molecule has 0 radical (unpaired) electrons.